The molecule has 1 N–H and O–H groups in total. The third kappa shape index (κ3) is 1.82. The maximum absolute atomic E-state index is 4.41. The molecule has 5 nitrogen and oxygen atoms in total. The van der Waals surface area contributed by atoms with Crippen LogP contribution in [0.5, 0.6) is 0 Å². The van der Waals surface area contributed by atoms with Crippen molar-refractivity contribution in [3.05, 3.63) is 30.0 Å². The first-order valence-electron chi connectivity index (χ1n) is 5.94. The highest BCUT2D eigenvalue weighted by Gasteiger charge is 2.16. The van der Waals surface area contributed by atoms with Crippen LogP contribution in [0.2, 0.25) is 0 Å². The van der Waals surface area contributed by atoms with Gasteiger partial charge in [-0.25, -0.2) is 9.97 Å². The summed E-state index contributed by atoms with van der Waals surface area (Å²) < 4.78 is 1.92. The molecule has 3 rings (SSSR count). The maximum atomic E-state index is 4.41. The molecule has 0 fully saturated rings. The maximum Gasteiger partial charge on any atom is 0.116 e. The molecule has 0 radical (unpaired) electrons. The molecule has 0 aromatic carbocycles. The Morgan fingerprint density at radius 3 is 3.18 bits per heavy atom. The minimum atomic E-state index is 0.850. The predicted molar refractivity (Wildman–Crippen MR) is 64.3 cm³/mol. The molecule has 0 spiro atoms. The molecular formula is C12H15N5. The standard InChI is InChI=1S/C12H15N5/c1-2-17-7-9(5-16-17)12-10-6-13-4-3-11(10)14-8-15-12/h5,7-8,13H,2-4,6H2,1H3. The van der Waals surface area contributed by atoms with E-state index in [0.717, 1.165) is 43.0 Å². The first kappa shape index (κ1) is 10.4. The van der Waals surface area contributed by atoms with Gasteiger partial charge in [0.1, 0.15) is 6.33 Å². The fraction of sp³-hybridized carbons (Fsp3) is 0.417. The lowest BCUT2D eigenvalue weighted by molar-refractivity contribution is 0.627. The van der Waals surface area contributed by atoms with Crippen LogP contribution in [-0.2, 0) is 19.5 Å². The van der Waals surface area contributed by atoms with E-state index in [-0.39, 0.29) is 0 Å². The van der Waals surface area contributed by atoms with E-state index in [9.17, 15) is 0 Å². The van der Waals surface area contributed by atoms with Gasteiger partial charge in [-0.2, -0.15) is 5.10 Å². The van der Waals surface area contributed by atoms with Crippen molar-refractivity contribution in [2.45, 2.75) is 26.4 Å². The highest BCUT2D eigenvalue weighted by atomic mass is 15.3. The number of rotatable bonds is 2. The number of aromatic nitrogens is 4. The Morgan fingerprint density at radius 1 is 1.41 bits per heavy atom. The Labute approximate surface area is 99.9 Å². The zero-order valence-electron chi connectivity index (χ0n) is 9.85. The van der Waals surface area contributed by atoms with E-state index in [2.05, 4.69) is 27.3 Å². The Bertz CT molecular complexity index is 531. The summed E-state index contributed by atoms with van der Waals surface area (Å²) in [4.78, 5) is 8.76. The summed E-state index contributed by atoms with van der Waals surface area (Å²) in [6, 6.07) is 0. The molecule has 0 aliphatic carbocycles. The van der Waals surface area contributed by atoms with Gasteiger partial charge < -0.3 is 5.32 Å². The van der Waals surface area contributed by atoms with Gasteiger partial charge in [-0.3, -0.25) is 4.68 Å². The molecule has 17 heavy (non-hydrogen) atoms. The zero-order chi connectivity index (χ0) is 11.7. The summed E-state index contributed by atoms with van der Waals surface area (Å²) in [5, 5.41) is 7.66. The third-order valence-electron chi connectivity index (χ3n) is 3.11. The van der Waals surface area contributed by atoms with E-state index in [1.807, 2.05) is 17.1 Å². The normalized spacial score (nSPS) is 14.6. The van der Waals surface area contributed by atoms with E-state index >= 15 is 0 Å². The number of nitrogens with one attached hydrogen (secondary N) is 1. The largest absolute Gasteiger partial charge is 0.312 e. The average Bonchev–Trinajstić information content (AvgIpc) is 2.87. The van der Waals surface area contributed by atoms with Gasteiger partial charge in [0, 0.05) is 43.4 Å². The molecule has 3 heterocycles. The van der Waals surface area contributed by atoms with E-state index < -0.39 is 0 Å². The lowest BCUT2D eigenvalue weighted by Crippen LogP contribution is -2.25. The summed E-state index contributed by atoms with van der Waals surface area (Å²) in [5.41, 5.74) is 4.48. The van der Waals surface area contributed by atoms with Gasteiger partial charge in [0.25, 0.3) is 0 Å². The average molecular weight is 229 g/mol. The van der Waals surface area contributed by atoms with Gasteiger partial charge in [0.15, 0.2) is 0 Å². The molecule has 2 aromatic rings. The molecule has 0 unspecified atom stereocenters. The van der Waals surface area contributed by atoms with Crippen LogP contribution in [0.3, 0.4) is 0 Å². The number of hydrogen-bond acceptors (Lipinski definition) is 4. The van der Waals surface area contributed by atoms with Crippen molar-refractivity contribution in [1.82, 2.24) is 25.1 Å². The van der Waals surface area contributed by atoms with Crippen LogP contribution in [0, 0.1) is 0 Å². The second-order valence-electron chi connectivity index (χ2n) is 4.16. The summed E-state index contributed by atoms with van der Waals surface area (Å²) in [5.74, 6) is 0. The molecule has 2 aromatic heterocycles. The highest BCUT2D eigenvalue weighted by molar-refractivity contribution is 5.62. The number of fused-ring (bicyclic) bond motifs is 1. The van der Waals surface area contributed by atoms with Crippen molar-refractivity contribution in [1.29, 1.82) is 0 Å². The summed E-state index contributed by atoms with van der Waals surface area (Å²) in [6.45, 7) is 4.81. The van der Waals surface area contributed by atoms with E-state index in [1.54, 1.807) is 6.33 Å². The summed E-state index contributed by atoms with van der Waals surface area (Å²) in [6.07, 6.45) is 6.55. The van der Waals surface area contributed by atoms with Crippen molar-refractivity contribution < 1.29 is 0 Å². The molecule has 0 saturated carbocycles. The number of nitrogens with zero attached hydrogens (tertiary/aromatic N) is 4. The van der Waals surface area contributed by atoms with Crippen molar-refractivity contribution in [2.24, 2.45) is 0 Å². The zero-order valence-corrected chi connectivity index (χ0v) is 9.85. The quantitative estimate of drug-likeness (QED) is 0.835. The van der Waals surface area contributed by atoms with Crippen molar-refractivity contribution in [3.63, 3.8) is 0 Å². The molecule has 0 bridgehead atoms. The Morgan fingerprint density at radius 2 is 2.35 bits per heavy atom. The molecule has 1 aliphatic rings. The molecule has 1 aliphatic heterocycles. The van der Waals surface area contributed by atoms with Gasteiger partial charge >= 0.3 is 0 Å². The van der Waals surface area contributed by atoms with Crippen LogP contribution in [0.25, 0.3) is 11.3 Å². The van der Waals surface area contributed by atoms with E-state index in [4.69, 9.17) is 0 Å². The minimum absolute atomic E-state index is 0.850. The fourth-order valence-electron chi connectivity index (χ4n) is 2.18. The molecule has 88 valence electrons. The lowest BCUT2D eigenvalue weighted by Gasteiger charge is -2.17. The number of aryl methyl sites for hydroxylation is 1. The van der Waals surface area contributed by atoms with Crippen LogP contribution in [-0.4, -0.2) is 26.3 Å². The molecule has 0 atom stereocenters. The van der Waals surface area contributed by atoms with E-state index in [1.165, 1.54) is 5.56 Å². The monoisotopic (exact) mass is 229 g/mol. The molecule has 5 heteroatoms. The Kier molecular flexibility index (Phi) is 2.60. The first-order chi connectivity index (χ1) is 8.38. The first-order valence-corrected chi connectivity index (χ1v) is 5.94. The van der Waals surface area contributed by atoms with Crippen molar-refractivity contribution >= 4 is 0 Å². The Balaban J connectivity index is 2.07. The van der Waals surface area contributed by atoms with Crippen molar-refractivity contribution in [2.75, 3.05) is 6.54 Å². The summed E-state index contributed by atoms with van der Waals surface area (Å²) >= 11 is 0. The highest BCUT2D eigenvalue weighted by Crippen LogP contribution is 2.24. The topological polar surface area (TPSA) is 55.6 Å². The third-order valence-corrected chi connectivity index (χ3v) is 3.11. The van der Waals surface area contributed by atoms with Crippen LogP contribution >= 0.6 is 0 Å². The van der Waals surface area contributed by atoms with Gasteiger partial charge in [-0.1, -0.05) is 0 Å². The lowest BCUT2D eigenvalue weighted by atomic mass is 10.0. The molecular weight excluding hydrogens is 214 g/mol. The van der Waals surface area contributed by atoms with Gasteiger partial charge in [0.05, 0.1) is 17.6 Å². The van der Waals surface area contributed by atoms with Crippen molar-refractivity contribution in [3.8, 4) is 11.3 Å². The predicted octanol–water partition coefficient (Wildman–Crippen LogP) is 1.01. The SMILES string of the molecule is CCn1cc(-c2ncnc3c2CNCC3)cn1. The minimum Gasteiger partial charge on any atom is -0.312 e. The second kappa shape index (κ2) is 4.25. The van der Waals surface area contributed by atoms with Gasteiger partial charge in [-0.15, -0.1) is 0 Å². The van der Waals surface area contributed by atoms with Crippen LogP contribution in [0.1, 0.15) is 18.2 Å². The van der Waals surface area contributed by atoms with Crippen LogP contribution < -0.4 is 5.32 Å². The van der Waals surface area contributed by atoms with E-state index in [0.29, 0.717) is 0 Å². The number of hydrogen-bond donors (Lipinski definition) is 1. The smallest absolute Gasteiger partial charge is 0.116 e. The molecule has 0 amide bonds. The van der Waals surface area contributed by atoms with Crippen LogP contribution in [0.4, 0.5) is 0 Å². The van der Waals surface area contributed by atoms with Gasteiger partial charge in [0.2, 0.25) is 0 Å². The fourth-order valence-corrected chi connectivity index (χ4v) is 2.18. The molecule has 0 saturated heterocycles. The van der Waals surface area contributed by atoms with Crippen LogP contribution in [0.15, 0.2) is 18.7 Å². The second-order valence-corrected chi connectivity index (χ2v) is 4.16. The Hall–Kier alpha value is -1.75. The summed E-state index contributed by atoms with van der Waals surface area (Å²) in [7, 11) is 0. The van der Waals surface area contributed by atoms with Gasteiger partial charge in [-0.05, 0) is 6.92 Å².